The number of aliphatic carboxylic acids is 1. The van der Waals surface area contributed by atoms with Crippen LogP contribution in [-0.2, 0) is 11.2 Å². The molecule has 86 valence electrons. The van der Waals surface area contributed by atoms with E-state index in [0.717, 1.165) is 5.56 Å². The molecule has 0 bridgehead atoms. The molecule has 1 N–H and O–H groups in total. The van der Waals surface area contributed by atoms with Gasteiger partial charge in [-0.1, -0.05) is 19.3 Å². The highest BCUT2D eigenvalue weighted by molar-refractivity contribution is 5.68. The Labute approximate surface area is 94.7 Å². The van der Waals surface area contributed by atoms with Gasteiger partial charge < -0.3 is 5.11 Å². The second-order valence-electron chi connectivity index (χ2n) is 4.34. The number of aromatic nitrogens is 2. The van der Waals surface area contributed by atoms with Crippen molar-refractivity contribution in [2.45, 2.75) is 44.4 Å². The van der Waals surface area contributed by atoms with Gasteiger partial charge in [-0.05, 0) is 24.3 Å². The van der Waals surface area contributed by atoms with Crippen molar-refractivity contribution in [2.75, 3.05) is 0 Å². The number of carboxylic acids is 1. The van der Waals surface area contributed by atoms with Gasteiger partial charge in [-0.25, -0.2) is 9.97 Å². The average molecular weight is 220 g/mol. The van der Waals surface area contributed by atoms with Crippen molar-refractivity contribution in [1.29, 1.82) is 0 Å². The van der Waals surface area contributed by atoms with E-state index in [2.05, 4.69) is 9.97 Å². The van der Waals surface area contributed by atoms with E-state index in [0.29, 0.717) is 11.7 Å². The second-order valence-corrected chi connectivity index (χ2v) is 4.34. The molecule has 0 spiro atoms. The predicted molar refractivity (Wildman–Crippen MR) is 59.2 cm³/mol. The summed E-state index contributed by atoms with van der Waals surface area (Å²) in [5.74, 6) is 0.0881. The smallest absolute Gasteiger partial charge is 0.311 e. The highest BCUT2D eigenvalue weighted by Gasteiger charge is 2.16. The van der Waals surface area contributed by atoms with Crippen molar-refractivity contribution in [3.05, 3.63) is 23.8 Å². The molecule has 0 amide bonds. The van der Waals surface area contributed by atoms with E-state index in [4.69, 9.17) is 5.11 Å². The van der Waals surface area contributed by atoms with Crippen molar-refractivity contribution in [1.82, 2.24) is 9.97 Å². The Hall–Kier alpha value is -1.45. The number of nitrogens with zero attached hydrogens (tertiary/aromatic N) is 2. The van der Waals surface area contributed by atoms with E-state index in [1.165, 1.54) is 32.1 Å². The molecule has 1 heterocycles. The zero-order chi connectivity index (χ0) is 11.4. The molecule has 1 aromatic rings. The molecule has 1 aromatic heterocycles. The maximum absolute atomic E-state index is 10.5. The Kier molecular flexibility index (Phi) is 3.49. The van der Waals surface area contributed by atoms with Crippen LogP contribution in [0.25, 0.3) is 0 Å². The lowest BCUT2D eigenvalue weighted by molar-refractivity contribution is -0.136. The lowest BCUT2D eigenvalue weighted by Crippen LogP contribution is -2.08. The number of carboxylic acid groups (broad SMARTS) is 1. The summed E-state index contributed by atoms with van der Waals surface area (Å²) in [4.78, 5) is 18.7. The first kappa shape index (κ1) is 11.0. The second kappa shape index (κ2) is 5.05. The van der Waals surface area contributed by atoms with Crippen LogP contribution in [0.1, 0.15) is 49.4 Å². The molecule has 1 saturated carbocycles. The van der Waals surface area contributed by atoms with Crippen molar-refractivity contribution in [3.63, 3.8) is 0 Å². The monoisotopic (exact) mass is 220 g/mol. The van der Waals surface area contributed by atoms with Crippen LogP contribution in [0, 0.1) is 0 Å². The van der Waals surface area contributed by atoms with Crippen molar-refractivity contribution in [2.24, 2.45) is 0 Å². The fraction of sp³-hybridized carbons (Fsp3) is 0.583. The standard InChI is InChI=1S/C12H16N2O2/c15-12(16)6-11-13-7-10(8-14-11)9-4-2-1-3-5-9/h7-9H,1-6H2,(H,15,16). The van der Waals surface area contributed by atoms with Crippen molar-refractivity contribution in [3.8, 4) is 0 Å². The Morgan fingerprint density at radius 1 is 1.25 bits per heavy atom. The third kappa shape index (κ3) is 2.78. The lowest BCUT2D eigenvalue weighted by atomic mass is 9.85. The Balaban J connectivity index is 2.03. The van der Waals surface area contributed by atoms with Crippen LogP contribution in [0.15, 0.2) is 12.4 Å². The minimum Gasteiger partial charge on any atom is -0.481 e. The Morgan fingerprint density at radius 2 is 1.88 bits per heavy atom. The van der Waals surface area contributed by atoms with Gasteiger partial charge in [0.1, 0.15) is 12.2 Å². The predicted octanol–water partition coefficient (Wildman–Crippen LogP) is 2.15. The van der Waals surface area contributed by atoms with Crippen LogP contribution < -0.4 is 0 Å². The quantitative estimate of drug-likeness (QED) is 0.847. The molecule has 0 unspecified atom stereocenters. The zero-order valence-corrected chi connectivity index (χ0v) is 9.22. The van der Waals surface area contributed by atoms with E-state index in [9.17, 15) is 4.79 Å². The van der Waals surface area contributed by atoms with Gasteiger partial charge in [0.05, 0.1) is 0 Å². The van der Waals surface area contributed by atoms with Gasteiger partial charge in [-0.3, -0.25) is 4.79 Å². The summed E-state index contributed by atoms with van der Waals surface area (Å²) in [6.07, 6.45) is 9.80. The fourth-order valence-corrected chi connectivity index (χ4v) is 2.24. The minimum atomic E-state index is -0.884. The molecular weight excluding hydrogens is 204 g/mol. The molecule has 0 radical (unpaired) electrons. The molecule has 2 rings (SSSR count). The molecule has 1 fully saturated rings. The summed E-state index contributed by atoms with van der Waals surface area (Å²) in [6.45, 7) is 0. The van der Waals surface area contributed by atoms with Crippen molar-refractivity contribution >= 4 is 5.97 Å². The molecule has 0 saturated heterocycles. The van der Waals surface area contributed by atoms with Gasteiger partial charge in [0.2, 0.25) is 0 Å². The summed E-state index contributed by atoms with van der Waals surface area (Å²) in [6, 6.07) is 0. The van der Waals surface area contributed by atoms with Crippen LogP contribution in [-0.4, -0.2) is 21.0 Å². The molecule has 0 aromatic carbocycles. The molecule has 0 aliphatic heterocycles. The highest BCUT2D eigenvalue weighted by atomic mass is 16.4. The molecule has 1 aliphatic carbocycles. The first-order chi connectivity index (χ1) is 7.75. The first-order valence-corrected chi connectivity index (χ1v) is 5.78. The van der Waals surface area contributed by atoms with Gasteiger partial charge in [0.25, 0.3) is 0 Å². The molecule has 4 nitrogen and oxygen atoms in total. The minimum absolute atomic E-state index is 0.0923. The number of hydrogen-bond acceptors (Lipinski definition) is 3. The molecule has 0 atom stereocenters. The number of carbonyl (C=O) groups is 1. The Bertz CT molecular complexity index is 356. The third-order valence-corrected chi connectivity index (χ3v) is 3.11. The lowest BCUT2D eigenvalue weighted by Gasteiger charge is -2.21. The summed E-state index contributed by atoms with van der Waals surface area (Å²) >= 11 is 0. The maximum atomic E-state index is 10.5. The summed E-state index contributed by atoms with van der Waals surface area (Å²) in [7, 11) is 0. The molecule has 4 heteroatoms. The van der Waals surface area contributed by atoms with Gasteiger partial charge in [-0.2, -0.15) is 0 Å². The van der Waals surface area contributed by atoms with Gasteiger partial charge >= 0.3 is 5.97 Å². The van der Waals surface area contributed by atoms with Crippen LogP contribution in [0.2, 0.25) is 0 Å². The summed E-state index contributed by atoms with van der Waals surface area (Å²) in [5.41, 5.74) is 1.16. The van der Waals surface area contributed by atoms with Gasteiger partial charge in [0, 0.05) is 12.4 Å². The SMILES string of the molecule is O=C(O)Cc1ncc(C2CCCCC2)cn1. The van der Waals surface area contributed by atoms with Crippen LogP contribution in [0.3, 0.4) is 0 Å². The summed E-state index contributed by atoms with van der Waals surface area (Å²) < 4.78 is 0. The van der Waals surface area contributed by atoms with Crippen LogP contribution >= 0.6 is 0 Å². The van der Waals surface area contributed by atoms with E-state index in [-0.39, 0.29) is 6.42 Å². The third-order valence-electron chi connectivity index (χ3n) is 3.11. The van der Waals surface area contributed by atoms with E-state index >= 15 is 0 Å². The van der Waals surface area contributed by atoms with E-state index in [1.54, 1.807) is 12.4 Å². The molecular formula is C12H16N2O2. The van der Waals surface area contributed by atoms with Gasteiger partial charge in [-0.15, -0.1) is 0 Å². The largest absolute Gasteiger partial charge is 0.481 e. The van der Waals surface area contributed by atoms with Crippen LogP contribution in [0.4, 0.5) is 0 Å². The molecule has 16 heavy (non-hydrogen) atoms. The maximum Gasteiger partial charge on any atom is 0.311 e. The normalized spacial score (nSPS) is 17.2. The van der Waals surface area contributed by atoms with E-state index < -0.39 is 5.97 Å². The fourth-order valence-electron chi connectivity index (χ4n) is 2.24. The molecule has 1 aliphatic rings. The van der Waals surface area contributed by atoms with E-state index in [1.807, 2.05) is 0 Å². The topological polar surface area (TPSA) is 63.1 Å². The number of rotatable bonds is 3. The highest BCUT2D eigenvalue weighted by Crippen LogP contribution is 2.31. The summed E-state index contributed by atoms with van der Waals surface area (Å²) in [5, 5.41) is 8.60. The zero-order valence-electron chi connectivity index (χ0n) is 9.22. The van der Waals surface area contributed by atoms with Crippen molar-refractivity contribution < 1.29 is 9.90 Å². The average Bonchev–Trinajstić information content (AvgIpc) is 2.30. The van der Waals surface area contributed by atoms with Crippen LogP contribution in [0.5, 0.6) is 0 Å². The van der Waals surface area contributed by atoms with Gasteiger partial charge in [0.15, 0.2) is 0 Å². The Morgan fingerprint density at radius 3 is 2.44 bits per heavy atom. The first-order valence-electron chi connectivity index (χ1n) is 5.78. The number of hydrogen-bond donors (Lipinski definition) is 1.